The largest absolute Gasteiger partial charge is 0.383 e. The number of aliphatic imine (C=N–C) groups is 1. The van der Waals surface area contributed by atoms with E-state index in [-0.39, 0.29) is 0 Å². The number of likely N-dealkylation sites (N-methyl/N-ethyl adjacent to an activating group) is 1. The van der Waals surface area contributed by atoms with Crippen LogP contribution in [0.15, 0.2) is 35.3 Å². The van der Waals surface area contributed by atoms with Gasteiger partial charge in [0.1, 0.15) is 0 Å². The van der Waals surface area contributed by atoms with Crippen molar-refractivity contribution in [1.82, 2.24) is 15.1 Å². The molecule has 1 aromatic rings. The van der Waals surface area contributed by atoms with Crippen LogP contribution < -0.4 is 10.2 Å². The van der Waals surface area contributed by atoms with Crippen molar-refractivity contribution in [2.24, 2.45) is 4.99 Å². The van der Waals surface area contributed by atoms with Crippen molar-refractivity contribution < 1.29 is 4.74 Å². The molecule has 0 aromatic heterocycles. The topological polar surface area (TPSA) is 43.3 Å². The van der Waals surface area contributed by atoms with Crippen LogP contribution in [-0.2, 0) is 4.74 Å². The summed E-state index contributed by atoms with van der Waals surface area (Å²) < 4.78 is 5.12. The van der Waals surface area contributed by atoms with E-state index in [2.05, 4.69) is 64.3 Å². The first kappa shape index (κ1) is 19.5. The highest BCUT2D eigenvalue weighted by Gasteiger charge is 2.19. The third kappa shape index (κ3) is 6.55. The molecule has 1 saturated heterocycles. The third-order valence-electron chi connectivity index (χ3n) is 4.46. The van der Waals surface area contributed by atoms with E-state index >= 15 is 0 Å². The number of para-hydroxylation sites is 1. The predicted octanol–water partition coefficient (Wildman–Crippen LogP) is 1.35. The molecule has 140 valence electrons. The quantitative estimate of drug-likeness (QED) is 0.568. The minimum absolute atomic E-state index is 0.766. The smallest absolute Gasteiger partial charge is 0.194 e. The van der Waals surface area contributed by atoms with Gasteiger partial charge >= 0.3 is 0 Å². The van der Waals surface area contributed by atoms with E-state index in [1.165, 1.54) is 5.69 Å². The molecular formula is C19H33N5O. The highest BCUT2D eigenvalue weighted by atomic mass is 16.5. The van der Waals surface area contributed by atoms with Gasteiger partial charge in [-0.3, -0.25) is 4.99 Å². The van der Waals surface area contributed by atoms with Gasteiger partial charge in [0.2, 0.25) is 0 Å². The molecule has 0 amide bonds. The summed E-state index contributed by atoms with van der Waals surface area (Å²) in [5.41, 5.74) is 1.31. The number of hydrogen-bond acceptors (Lipinski definition) is 4. The van der Waals surface area contributed by atoms with Gasteiger partial charge in [0, 0.05) is 58.6 Å². The molecule has 1 aliphatic heterocycles. The molecule has 1 heterocycles. The third-order valence-corrected chi connectivity index (χ3v) is 4.46. The highest BCUT2D eigenvalue weighted by molar-refractivity contribution is 5.80. The summed E-state index contributed by atoms with van der Waals surface area (Å²) in [7, 11) is 3.85. The maximum absolute atomic E-state index is 5.12. The van der Waals surface area contributed by atoms with Crippen LogP contribution in [-0.4, -0.2) is 88.9 Å². The lowest BCUT2D eigenvalue weighted by atomic mass is 10.2. The first-order chi connectivity index (χ1) is 12.2. The summed E-state index contributed by atoms with van der Waals surface area (Å²) in [6.45, 7) is 10.5. The Bertz CT molecular complexity index is 500. The predicted molar refractivity (Wildman–Crippen MR) is 106 cm³/mol. The summed E-state index contributed by atoms with van der Waals surface area (Å²) in [4.78, 5) is 11.9. The minimum Gasteiger partial charge on any atom is -0.383 e. The molecule has 1 aromatic carbocycles. The number of rotatable bonds is 8. The Kier molecular flexibility index (Phi) is 8.55. The van der Waals surface area contributed by atoms with Gasteiger partial charge in [-0.1, -0.05) is 18.2 Å². The molecule has 0 saturated carbocycles. The molecule has 1 fully saturated rings. The fourth-order valence-corrected chi connectivity index (χ4v) is 2.93. The molecule has 0 radical (unpaired) electrons. The fourth-order valence-electron chi connectivity index (χ4n) is 2.93. The number of hydrogen-bond donors (Lipinski definition) is 1. The first-order valence-corrected chi connectivity index (χ1v) is 9.25. The van der Waals surface area contributed by atoms with Gasteiger partial charge in [-0.05, 0) is 26.1 Å². The Morgan fingerprint density at radius 2 is 1.88 bits per heavy atom. The van der Waals surface area contributed by atoms with E-state index < -0.39 is 0 Å². The molecule has 0 bridgehead atoms. The molecule has 25 heavy (non-hydrogen) atoms. The van der Waals surface area contributed by atoms with Crippen molar-refractivity contribution in [2.45, 2.75) is 6.92 Å². The fraction of sp³-hybridized carbons (Fsp3) is 0.632. The van der Waals surface area contributed by atoms with Crippen LogP contribution in [0.5, 0.6) is 0 Å². The Morgan fingerprint density at radius 1 is 1.16 bits per heavy atom. The Morgan fingerprint density at radius 3 is 2.52 bits per heavy atom. The zero-order valence-corrected chi connectivity index (χ0v) is 15.9. The molecular weight excluding hydrogens is 314 g/mol. The highest BCUT2D eigenvalue weighted by Crippen LogP contribution is 2.15. The van der Waals surface area contributed by atoms with E-state index in [1.54, 1.807) is 7.11 Å². The Labute approximate surface area is 152 Å². The molecule has 0 atom stereocenters. The standard InChI is InChI=1S/C19H33N5O/c1-4-20-19(21-10-11-22(2)16-17-25-3)24-14-12-23(13-15-24)18-8-6-5-7-9-18/h5-9H,4,10-17H2,1-3H3,(H,20,21). The van der Waals surface area contributed by atoms with Crippen molar-refractivity contribution in [3.63, 3.8) is 0 Å². The summed E-state index contributed by atoms with van der Waals surface area (Å²) in [5.74, 6) is 1.04. The molecule has 6 heteroatoms. The maximum Gasteiger partial charge on any atom is 0.194 e. The van der Waals surface area contributed by atoms with Gasteiger partial charge in [-0.25, -0.2) is 0 Å². The van der Waals surface area contributed by atoms with Crippen molar-refractivity contribution in [3.8, 4) is 0 Å². The van der Waals surface area contributed by atoms with Crippen molar-refractivity contribution in [3.05, 3.63) is 30.3 Å². The van der Waals surface area contributed by atoms with Crippen LogP contribution in [0, 0.1) is 0 Å². The lowest BCUT2D eigenvalue weighted by Crippen LogP contribution is -2.52. The van der Waals surface area contributed by atoms with E-state index in [9.17, 15) is 0 Å². The molecule has 0 aliphatic carbocycles. The second-order valence-electron chi connectivity index (χ2n) is 6.34. The molecule has 1 N–H and O–H groups in total. The minimum atomic E-state index is 0.766. The molecule has 0 unspecified atom stereocenters. The van der Waals surface area contributed by atoms with Crippen LogP contribution in [0.1, 0.15) is 6.92 Å². The van der Waals surface area contributed by atoms with Crippen molar-refractivity contribution in [1.29, 1.82) is 0 Å². The zero-order chi connectivity index (χ0) is 17.9. The summed E-state index contributed by atoms with van der Waals surface area (Å²) >= 11 is 0. The van der Waals surface area contributed by atoms with Gasteiger partial charge < -0.3 is 24.8 Å². The van der Waals surface area contributed by atoms with Crippen LogP contribution in [0.3, 0.4) is 0 Å². The van der Waals surface area contributed by atoms with Gasteiger partial charge in [-0.15, -0.1) is 0 Å². The van der Waals surface area contributed by atoms with Crippen LogP contribution >= 0.6 is 0 Å². The number of nitrogens with one attached hydrogen (secondary N) is 1. The van der Waals surface area contributed by atoms with Gasteiger partial charge in [0.05, 0.1) is 13.2 Å². The first-order valence-electron chi connectivity index (χ1n) is 9.25. The van der Waals surface area contributed by atoms with Crippen LogP contribution in [0.4, 0.5) is 5.69 Å². The van der Waals surface area contributed by atoms with Gasteiger partial charge in [0.25, 0.3) is 0 Å². The summed E-state index contributed by atoms with van der Waals surface area (Å²) in [6.07, 6.45) is 0. The molecule has 1 aliphatic rings. The number of ether oxygens (including phenoxy) is 1. The molecule has 0 spiro atoms. The number of benzene rings is 1. The Balaban J connectivity index is 1.83. The van der Waals surface area contributed by atoms with E-state index in [0.29, 0.717) is 0 Å². The second-order valence-corrected chi connectivity index (χ2v) is 6.34. The number of nitrogens with zero attached hydrogens (tertiary/aromatic N) is 4. The monoisotopic (exact) mass is 347 g/mol. The number of methoxy groups -OCH3 is 1. The average Bonchev–Trinajstić information content (AvgIpc) is 2.66. The zero-order valence-electron chi connectivity index (χ0n) is 15.9. The summed E-state index contributed by atoms with van der Waals surface area (Å²) in [5, 5.41) is 3.44. The molecule has 2 rings (SSSR count). The number of anilines is 1. The van der Waals surface area contributed by atoms with Gasteiger partial charge in [-0.2, -0.15) is 0 Å². The van der Waals surface area contributed by atoms with Gasteiger partial charge in [0.15, 0.2) is 5.96 Å². The number of piperazine rings is 1. The van der Waals surface area contributed by atoms with E-state index in [0.717, 1.165) is 64.9 Å². The van der Waals surface area contributed by atoms with Crippen molar-refractivity contribution in [2.75, 3.05) is 78.0 Å². The van der Waals surface area contributed by atoms with E-state index in [4.69, 9.17) is 9.73 Å². The summed E-state index contributed by atoms with van der Waals surface area (Å²) in [6, 6.07) is 10.6. The SMILES string of the molecule is CCNC(=NCCN(C)CCOC)N1CCN(c2ccccc2)CC1. The van der Waals surface area contributed by atoms with E-state index in [1.807, 2.05) is 0 Å². The molecule has 6 nitrogen and oxygen atoms in total. The number of guanidine groups is 1. The lowest BCUT2D eigenvalue weighted by Gasteiger charge is -2.37. The lowest BCUT2D eigenvalue weighted by molar-refractivity contribution is 0.163. The Hall–Kier alpha value is -1.79. The van der Waals surface area contributed by atoms with Crippen molar-refractivity contribution >= 4 is 11.6 Å². The normalized spacial score (nSPS) is 15.8. The van der Waals surface area contributed by atoms with Crippen LogP contribution in [0.2, 0.25) is 0 Å². The maximum atomic E-state index is 5.12. The van der Waals surface area contributed by atoms with Crippen LogP contribution in [0.25, 0.3) is 0 Å². The second kappa shape index (κ2) is 10.9. The average molecular weight is 348 g/mol.